The molecule has 0 radical (unpaired) electrons. The number of rotatable bonds is 3. The second kappa shape index (κ2) is 5.08. The van der Waals surface area contributed by atoms with Crippen LogP contribution in [0.4, 0.5) is 0 Å². The summed E-state index contributed by atoms with van der Waals surface area (Å²) in [6, 6.07) is 9.03. The standard InChI is InChI=1S/C14H13N5O/c1-9(13-16-8-17-19-13)18-14(20)11-6-7-15-12-5-3-2-4-10(11)12/h2-9H,1H3,(H,18,20)(H,16,17,19). The van der Waals surface area contributed by atoms with Crippen LogP contribution in [0.15, 0.2) is 42.9 Å². The van der Waals surface area contributed by atoms with E-state index < -0.39 is 0 Å². The van der Waals surface area contributed by atoms with Gasteiger partial charge >= 0.3 is 0 Å². The Balaban J connectivity index is 1.89. The van der Waals surface area contributed by atoms with Crippen molar-refractivity contribution in [3.05, 3.63) is 54.2 Å². The number of fused-ring (bicyclic) bond motifs is 1. The molecule has 1 unspecified atom stereocenters. The van der Waals surface area contributed by atoms with Crippen LogP contribution in [-0.2, 0) is 0 Å². The molecule has 6 nitrogen and oxygen atoms in total. The van der Waals surface area contributed by atoms with Gasteiger partial charge < -0.3 is 5.32 Å². The van der Waals surface area contributed by atoms with Crippen molar-refractivity contribution >= 4 is 16.8 Å². The molecule has 20 heavy (non-hydrogen) atoms. The molecule has 100 valence electrons. The normalized spacial score (nSPS) is 12.2. The highest BCUT2D eigenvalue weighted by Gasteiger charge is 2.15. The van der Waals surface area contributed by atoms with E-state index in [0.717, 1.165) is 10.9 Å². The molecule has 2 N–H and O–H groups in total. The number of benzene rings is 1. The van der Waals surface area contributed by atoms with Crippen molar-refractivity contribution in [3.8, 4) is 0 Å². The van der Waals surface area contributed by atoms with Crippen LogP contribution < -0.4 is 5.32 Å². The summed E-state index contributed by atoms with van der Waals surface area (Å²) in [4.78, 5) is 20.6. The maximum Gasteiger partial charge on any atom is 0.252 e. The molecule has 1 amide bonds. The lowest BCUT2D eigenvalue weighted by Crippen LogP contribution is -2.27. The van der Waals surface area contributed by atoms with Gasteiger partial charge in [0.05, 0.1) is 17.1 Å². The molecule has 1 atom stereocenters. The van der Waals surface area contributed by atoms with Crippen molar-refractivity contribution < 1.29 is 4.79 Å². The van der Waals surface area contributed by atoms with Crippen molar-refractivity contribution in [1.29, 1.82) is 0 Å². The van der Waals surface area contributed by atoms with E-state index in [2.05, 4.69) is 25.5 Å². The smallest absolute Gasteiger partial charge is 0.252 e. The van der Waals surface area contributed by atoms with Crippen molar-refractivity contribution in [3.63, 3.8) is 0 Å². The number of para-hydroxylation sites is 1. The molecule has 0 fully saturated rings. The minimum absolute atomic E-state index is 0.160. The SMILES string of the molecule is CC(NC(=O)c1ccnc2ccccc12)c1ncn[nH]1. The van der Waals surface area contributed by atoms with Gasteiger partial charge in [-0.15, -0.1) is 0 Å². The number of carbonyl (C=O) groups excluding carboxylic acids is 1. The molecule has 3 rings (SSSR count). The Bertz CT molecular complexity index is 733. The third-order valence-electron chi connectivity index (χ3n) is 3.09. The summed E-state index contributed by atoms with van der Waals surface area (Å²) in [5.41, 5.74) is 1.40. The molecule has 0 spiro atoms. The molecule has 0 bridgehead atoms. The van der Waals surface area contributed by atoms with Crippen molar-refractivity contribution in [2.45, 2.75) is 13.0 Å². The minimum Gasteiger partial charge on any atom is -0.342 e. The highest BCUT2D eigenvalue weighted by Crippen LogP contribution is 2.17. The molecule has 6 heteroatoms. The first kappa shape index (κ1) is 12.3. The summed E-state index contributed by atoms with van der Waals surface area (Å²) in [7, 11) is 0. The van der Waals surface area contributed by atoms with Crippen LogP contribution in [0.1, 0.15) is 29.1 Å². The van der Waals surface area contributed by atoms with Crippen molar-refractivity contribution in [1.82, 2.24) is 25.5 Å². The van der Waals surface area contributed by atoms with Crippen molar-refractivity contribution in [2.75, 3.05) is 0 Å². The molecule has 0 aliphatic rings. The molecule has 0 saturated heterocycles. The molecular formula is C14H13N5O. The number of H-pyrrole nitrogens is 1. The fraction of sp³-hybridized carbons (Fsp3) is 0.143. The summed E-state index contributed by atoms with van der Waals surface area (Å²) in [6.07, 6.45) is 3.05. The van der Waals surface area contributed by atoms with E-state index in [1.165, 1.54) is 6.33 Å². The van der Waals surface area contributed by atoms with Gasteiger partial charge in [0.15, 0.2) is 0 Å². The molecule has 1 aromatic carbocycles. The summed E-state index contributed by atoms with van der Waals surface area (Å²) in [5, 5.41) is 10.2. The predicted molar refractivity (Wildman–Crippen MR) is 74.0 cm³/mol. The average molecular weight is 267 g/mol. The largest absolute Gasteiger partial charge is 0.342 e. The van der Waals surface area contributed by atoms with E-state index in [4.69, 9.17) is 0 Å². The summed E-state index contributed by atoms with van der Waals surface area (Å²) in [6.45, 7) is 1.85. The van der Waals surface area contributed by atoms with Gasteiger partial charge in [-0.1, -0.05) is 18.2 Å². The first-order valence-electron chi connectivity index (χ1n) is 6.25. The van der Waals surface area contributed by atoms with Crippen LogP contribution in [0.3, 0.4) is 0 Å². The number of aromatic amines is 1. The van der Waals surface area contributed by atoms with Crippen LogP contribution in [0, 0.1) is 0 Å². The maximum absolute atomic E-state index is 12.4. The maximum atomic E-state index is 12.4. The molecule has 0 saturated carbocycles. The Morgan fingerprint density at radius 1 is 1.25 bits per heavy atom. The summed E-state index contributed by atoms with van der Waals surface area (Å²) >= 11 is 0. The fourth-order valence-corrected chi connectivity index (χ4v) is 2.06. The van der Waals surface area contributed by atoms with Gasteiger partial charge in [0, 0.05) is 11.6 Å². The Morgan fingerprint density at radius 2 is 2.10 bits per heavy atom. The van der Waals surface area contributed by atoms with E-state index in [9.17, 15) is 4.79 Å². The lowest BCUT2D eigenvalue weighted by Gasteiger charge is -2.12. The summed E-state index contributed by atoms with van der Waals surface area (Å²) in [5.74, 6) is 0.462. The highest BCUT2D eigenvalue weighted by molar-refractivity contribution is 6.06. The average Bonchev–Trinajstić information content (AvgIpc) is 3.01. The van der Waals surface area contributed by atoms with Gasteiger partial charge in [-0.25, -0.2) is 4.98 Å². The third kappa shape index (κ3) is 2.23. The van der Waals surface area contributed by atoms with E-state index in [0.29, 0.717) is 11.4 Å². The number of nitrogens with one attached hydrogen (secondary N) is 2. The molecule has 2 aromatic heterocycles. The Kier molecular flexibility index (Phi) is 3.12. The third-order valence-corrected chi connectivity index (χ3v) is 3.09. The number of pyridine rings is 1. The van der Waals surface area contributed by atoms with Crippen LogP contribution in [0.5, 0.6) is 0 Å². The van der Waals surface area contributed by atoms with Gasteiger partial charge in [0.2, 0.25) is 0 Å². The first-order valence-corrected chi connectivity index (χ1v) is 6.25. The lowest BCUT2D eigenvalue weighted by atomic mass is 10.1. The van der Waals surface area contributed by atoms with Crippen molar-refractivity contribution in [2.24, 2.45) is 0 Å². The van der Waals surface area contributed by atoms with E-state index in [1.807, 2.05) is 31.2 Å². The second-order valence-corrected chi connectivity index (χ2v) is 4.44. The summed E-state index contributed by atoms with van der Waals surface area (Å²) < 4.78 is 0. The highest BCUT2D eigenvalue weighted by atomic mass is 16.1. The number of aromatic nitrogens is 4. The van der Waals surface area contributed by atoms with Crippen LogP contribution in [0.2, 0.25) is 0 Å². The zero-order chi connectivity index (χ0) is 13.9. The Morgan fingerprint density at radius 3 is 2.90 bits per heavy atom. The fourth-order valence-electron chi connectivity index (χ4n) is 2.06. The monoisotopic (exact) mass is 267 g/mol. The quantitative estimate of drug-likeness (QED) is 0.758. The Labute approximate surface area is 115 Å². The topological polar surface area (TPSA) is 83.6 Å². The van der Waals surface area contributed by atoms with E-state index in [-0.39, 0.29) is 11.9 Å². The second-order valence-electron chi connectivity index (χ2n) is 4.44. The van der Waals surface area contributed by atoms with Gasteiger partial charge in [-0.2, -0.15) is 5.10 Å². The number of hydrogen-bond acceptors (Lipinski definition) is 4. The molecule has 0 aliphatic heterocycles. The van der Waals surface area contributed by atoms with E-state index >= 15 is 0 Å². The van der Waals surface area contributed by atoms with Gasteiger partial charge in [0.25, 0.3) is 5.91 Å². The van der Waals surface area contributed by atoms with E-state index in [1.54, 1.807) is 12.3 Å². The van der Waals surface area contributed by atoms with Crippen LogP contribution in [0.25, 0.3) is 10.9 Å². The molecule has 2 heterocycles. The molecule has 0 aliphatic carbocycles. The van der Waals surface area contributed by atoms with Crippen LogP contribution >= 0.6 is 0 Å². The zero-order valence-corrected chi connectivity index (χ0v) is 10.9. The van der Waals surface area contributed by atoms with Gasteiger partial charge in [-0.05, 0) is 19.1 Å². The number of nitrogens with zero attached hydrogens (tertiary/aromatic N) is 3. The number of amides is 1. The van der Waals surface area contributed by atoms with Crippen LogP contribution in [-0.4, -0.2) is 26.1 Å². The van der Waals surface area contributed by atoms with Gasteiger partial charge in [-0.3, -0.25) is 14.9 Å². The molecule has 3 aromatic rings. The number of hydrogen-bond donors (Lipinski definition) is 2. The predicted octanol–water partition coefficient (Wildman–Crippen LogP) is 1.84. The number of carbonyl (C=O) groups is 1. The van der Waals surface area contributed by atoms with Gasteiger partial charge in [0.1, 0.15) is 12.2 Å². The molecular weight excluding hydrogens is 254 g/mol. The first-order chi connectivity index (χ1) is 9.75. The zero-order valence-electron chi connectivity index (χ0n) is 10.9. The Hall–Kier alpha value is -2.76. The lowest BCUT2D eigenvalue weighted by molar-refractivity contribution is 0.0940. The minimum atomic E-state index is -0.239.